The molecule has 106 valence electrons. The molecule has 1 aromatic rings. The van der Waals surface area contributed by atoms with Gasteiger partial charge < -0.3 is 9.64 Å². The SMILES string of the molecule is C#CCN1CN(C(=O)OC(C)(C)C)c2ncnc(Cl)c21. The molecule has 0 bridgehead atoms. The monoisotopic (exact) mass is 294 g/mol. The van der Waals surface area contributed by atoms with Crippen molar-refractivity contribution in [3.05, 3.63) is 11.5 Å². The number of halogens is 1. The topological polar surface area (TPSA) is 58.6 Å². The quantitative estimate of drug-likeness (QED) is 0.587. The van der Waals surface area contributed by atoms with Crippen molar-refractivity contribution in [1.29, 1.82) is 0 Å². The van der Waals surface area contributed by atoms with E-state index >= 15 is 0 Å². The summed E-state index contributed by atoms with van der Waals surface area (Å²) in [5, 5.41) is 0.260. The summed E-state index contributed by atoms with van der Waals surface area (Å²) in [5.74, 6) is 2.93. The van der Waals surface area contributed by atoms with Gasteiger partial charge in [-0.1, -0.05) is 17.5 Å². The van der Waals surface area contributed by atoms with Crippen molar-refractivity contribution in [3.63, 3.8) is 0 Å². The fraction of sp³-hybridized carbons (Fsp3) is 0.462. The van der Waals surface area contributed by atoms with Crippen LogP contribution in [0.2, 0.25) is 5.15 Å². The van der Waals surface area contributed by atoms with Crippen LogP contribution in [0, 0.1) is 12.3 Å². The van der Waals surface area contributed by atoms with Gasteiger partial charge in [-0.2, -0.15) is 0 Å². The van der Waals surface area contributed by atoms with Gasteiger partial charge in [0.25, 0.3) is 0 Å². The molecule has 0 saturated carbocycles. The molecule has 1 amide bonds. The van der Waals surface area contributed by atoms with Crippen molar-refractivity contribution >= 4 is 29.2 Å². The summed E-state index contributed by atoms with van der Waals surface area (Å²) in [6, 6.07) is 0. The molecule has 0 saturated heterocycles. The lowest BCUT2D eigenvalue weighted by Crippen LogP contribution is -2.39. The molecule has 0 N–H and O–H groups in total. The third kappa shape index (κ3) is 2.78. The number of carbonyl (C=O) groups excluding carboxylic acids is 1. The Morgan fingerprint density at radius 1 is 1.55 bits per heavy atom. The Kier molecular flexibility index (Phi) is 3.73. The van der Waals surface area contributed by atoms with Gasteiger partial charge in [0.1, 0.15) is 24.3 Å². The molecule has 0 atom stereocenters. The maximum absolute atomic E-state index is 12.2. The standard InChI is InChI=1S/C13H15ClN4O2/c1-5-6-17-8-18(12(19)20-13(2,3)4)11-9(17)10(14)15-7-16-11/h1,7H,6,8H2,2-4H3. The zero-order valence-corrected chi connectivity index (χ0v) is 12.3. The third-order valence-electron chi connectivity index (χ3n) is 2.54. The first-order valence-electron chi connectivity index (χ1n) is 6.03. The molecule has 6 nitrogen and oxygen atoms in total. The van der Waals surface area contributed by atoms with Crippen molar-refractivity contribution in [2.75, 3.05) is 23.0 Å². The molecule has 7 heteroatoms. The van der Waals surface area contributed by atoms with Crippen LogP contribution in [0.1, 0.15) is 20.8 Å². The van der Waals surface area contributed by atoms with Crippen LogP contribution in [-0.2, 0) is 4.74 Å². The van der Waals surface area contributed by atoms with Crippen LogP contribution in [-0.4, -0.2) is 34.9 Å². The highest BCUT2D eigenvalue weighted by molar-refractivity contribution is 6.33. The third-order valence-corrected chi connectivity index (χ3v) is 2.81. The first-order valence-corrected chi connectivity index (χ1v) is 6.40. The number of ether oxygens (including phenoxy) is 1. The van der Waals surface area contributed by atoms with Crippen molar-refractivity contribution in [2.24, 2.45) is 0 Å². The molecule has 1 aliphatic rings. The van der Waals surface area contributed by atoms with Crippen LogP contribution in [0.4, 0.5) is 16.3 Å². The van der Waals surface area contributed by atoms with Crippen LogP contribution < -0.4 is 9.80 Å². The number of fused-ring (bicyclic) bond motifs is 1. The summed E-state index contributed by atoms with van der Waals surface area (Å²) in [4.78, 5) is 23.4. The fourth-order valence-electron chi connectivity index (χ4n) is 1.83. The minimum atomic E-state index is -0.590. The molecule has 0 aromatic carbocycles. The minimum absolute atomic E-state index is 0.243. The number of hydrogen-bond acceptors (Lipinski definition) is 5. The predicted octanol–water partition coefficient (Wildman–Crippen LogP) is 2.28. The number of amides is 1. The number of anilines is 2. The highest BCUT2D eigenvalue weighted by Crippen LogP contribution is 2.38. The average molecular weight is 295 g/mol. The summed E-state index contributed by atoms with van der Waals surface area (Å²) in [5.41, 5.74) is -0.0360. The van der Waals surface area contributed by atoms with E-state index in [2.05, 4.69) is 15.9 Å². The molecular weight excluding hydrogens is 280 g/mol. The van der Waals surface area contributed by atoms with Crippen molar-refractivity contribution in [1.82, 2.24) is 9.97 Å². The summed E-state index contributed by atoms with van der Waals surface area (Å²) < 4.78 is 5.35. The van der Waals surface area contributed by atoms with Crippen LogP contribution >= 0.6 is 11.6 Å². The van der Waals surface area contributed by atoms with Gasteiger partial charge in [-0.25, -0.2) is 19.7 Å². The first-order chi connectivity index (χ1) is 9.33. The van der Waals surface area contributed by atoms with Gasteiger partial charge in [0.05, 0.1) is 6.54 Å². The lowest BCUT2D eigenvalue weighted by atomic mass is 10.2. The summed E-state index contributed by atoms with van der Waals surface area (Å²) in [6.07, 6.45) is 6.14. The second-order valence-corrected chi connectivity index (χ2v) is 5.65. The molecule has 2 heterocycles. The first kappa shape index (κ1) is 14.4. The van der Waals surface area contributed by atoms with Crippen molar-refractivity contribution in [3.8, 4) is 12.3 Å². The molecule has 0 spiro atoms. The largest absolute Gasteiger partial charge is 0.443 e. The Morgan fingerprint density at radius 3 is 2.85 bits per heavy atom. The normalized spacial score (nSPS) is 13.9. The Bertz CT molecular complexity index is 577. The van der Waals surface area contributed by atoms with E-state index in [1.165, 1.54) is 11.2 Å². The lowest BCUT2D eigenvalue weighted by Gasteiger charge is -2.24. The van der Waals surface area contributed by atoms with Crippen molar-refractivity contribution in [2.45, 2.75) is 26.4 Å². The Hall–Kier alpha value is -2.00. The molecule has 0 fully saturated rings. The van der Waals surface area contributed by atoms with E-state index in [4.69, 9.17) is 22.8 Å². The number of aromatic nitrogens is 2. The number of carbonyl (C=O) groups is 1. The highest BCUT2D eigenvalue weighted by atomic mass is 35.5. The Morgan fingerprint density at radius 2 is 2.25 bits per heavy atom. The molecule has 1 aromatic heterocycles. The number of nitrogens with zero attached hydrogens (tertiary/aromatic N) is 4. The molecule has 1 aliphatic heterocycles. The van der Waals surface area contributed by atoms with Crippen LogP contribution in [0.5, 0.6) is 0 Å². The van der Waals surface area contributed by atoms with Crippen molar-refractivity contribution < 1.29 is 9.53 Å². The van der Waals surface area contributed by atoms with Gasteiger partial charge in [-0.05, 0) is 20.8 Å². The number of rotatable bonds is 1. The fourth-order valence-corrected chi connectivity index (χ4v) is 2.07. The van der Waals surface area contributed by atoms with Gasteiger partial charge in [0, 0.05) is 0 Å². The van der Waals surface area contributed by atoms with Gasteiger partial charge in [-0.3, -0.25) is 0 Å². The van der Waals surface area contributed by atoms with E-state index in [0.29, 0.717) is 18.1 Å². The Balaban J connectivity index is 2.34. The maximum atomic E-state index is 12.2. The molecule has 20 heavy (non-hydrogen) atoms. The minimum Gasteiger partial charge on any atom is -0.443 e. The molecule has 0 unspecified atom stereocenters. The second-order valence-electron chi connectivity index (χ2n) is 5.29. The van der Waals surface area contributed by atoms with E-state index in [1.54, 1.807) is 25.7 Å². The lowest BCUT2D eigenvalue weighted by molar-refractivity contribution is 0.0582. The van der Waals surface area contributed by atoms with E-state index in [9.17, 15) is 4.79 Å². The molecule has 0 radical (unpaired) electrons. The number of terminal acetylenes is 1. The zero-order valence-electron chi connectivity index (χ0n) is 11.6. The van der Waals surface area contributed by atoms with E-state index < -0.39 is 11.7 Å². The van der Waals surface area contributed by atoms with Crippen LogP contribution in [0.25, 0.3) is 0 Å². The van der Waals surface area contributed by atoms with E-state index in [0.717, 1.165) is 0 Å². The average Bonchev–Trinajstić information content (AvgIpc) is 2.68. The van der Waals surface area contributed by atoms with Gasteiger partial charge in [0.15, 0.2) is 11.0 Å². The number of hydrogen-bond donors (Lipinski definition) is 0. The van der Waals surface area contributed by atoms with E-state index in [-0.39, 0.29) is 11.8 Å². The van der Waals surface area contributed by atoms with Crippen LogP contribution in [0.15, 0.2) is 6.33 Å². The second kappa shape index (κ2) is 5.17. The molecule has 2 rings (SSSR count). The molecular formula is C13H15ClN4O2. The van der Waals surface area contributed by atoms with Gasteiger partial charge in [-0.15, -0.1) is 6.42 Å². The van der Waals surface area contributed by atoms with Crippen LogP contribution in [0.3, 0.4) is 0 Å². The Labute approximate surface area is 122 Å². The highest BCUT2D eigenvalue weighted by Gasteiger charge is 2.36. The summed E-state index contributed by atoms with van der Waals surface area (Å²) in [7, 11) is 0. The predicted molar refractivity (Wildman–Crippen MR) is 76.8 cm³/mol. The zero-order chi connectivity index (χ0) is 14.9. The summed E-state index contributed by atoms with van der Waals surface area (Å²) in [6.45, 7) is 5.95. The van der Waals surface area contributed by atoms with Gasteiger partial charge >= 0.3 is 6.09 Å². The van der Waals surface area contributed by atoms with E-state index in [1.807, 2.05) is 0 Å². The molecule has 0 aliphatic carbocycles. The maximum Gasteiger partial charge on any atom is 0.417 e. The smallest absolute Gasteiger partial charge is 0.417 e. The van der Waals surface area contributed by atoms with Gasteiger partial charge in [0.2, 0.25) is 0 Å². The summed E-state index contributed by atoms with van der Waals surface area (Å²) >= 11 is 6.06.